The number of hydrogen-bond donors (Lipinski definition) is 1. The van der Waals surface area contributed by atoms with Crippen molar-refractivity contribution in [3.63, 3.8) is 0 Å². The number of rotatable bonds is 7. The maximum Gasteiger partial charge on any atom is 0.327 e. The molecule has 0 aromatic rings. The van der Waals surface area contributed by atoms with Crippen molar-refractivity contribution in [3.05, 3.63) is 0 Å². The molecule has 19 heavy (non-hydrogen) atoms. The topological polar surface area (TPSA) is 44.8 Å². The Balaban J connectivity index is 2.63. The van der Waals surface area contributed by atoms with Crippen LogP contribution >= 0.6 is 0 Å². The second kappa shape index (κ2) is 6.20. The van der Waals surface area contributed by atoms with Gasteiger partial charge in [-0.1, -0.05) is 0 Å². The highest BCUT2D eigenvalue weighted by Gasteiger charge is 2.42. The van der Waals surface area contributed by atoms with E-state index in [4.69, 9.17) is 4.74 Å². The lowest BCUT2D eigenvalue weighted by Crippen LogP contribution is -2.61. The zero-order valence-electron chi connectivity index (χ0n) is 13.2. The summed E-state index contributed by atoms with van der Waals surface area (Å²) in [4.78, 5) is 16.4. The van der Waals surface area contributed by atoms with Gasteiger partial charge in [0.05, 0.1) is 7.11 Å². The number of esters is 1. The van der Waals surface area contributed by atoms with E-state index in [-0.39, 0.29) is 11.5 Å². The fourth-order valence-electron chi connectivity index (χ4n) is 2.90. The van der Waals surface area contributed by atoms with E-state index in [1.54, 1.807) is 7.05 Å². The van der Waals surface area contributed by atoms with Crippen molar-refractivity contribution in [1.82, 2.24) is 15.1 Å². The Morgan fingerprint density at radius 1 is 1.37 bits per heavy atom. The normalized spacial score (nSPS) is 21.1. The molecular formula is C14H29N3O2. The summed E-state index contributed by atoms with van der Waals surface area (Å²) in [6.45, 7) is 3.51. The number of ether oxygens (including phenoxy) is 1. The molecule has 0 heterocycles. The second-order valence-electron chi connectivity index (χ2n) is 6.22. The van der Waals surface area contributed by atoms with E-state index in [0.29, 0.717) is 6.54 Å². The average molecular weight is 271 g/mol. The summed E-state index contributed by atoms with van der Waals surface area (Å²) >= 11 is 0. The highest BCUT2D eigenvalue weighted by Crippen LogP contribution is 2.36. The molecule has 0 aliphatic heterocycles. The van der Waals surface area contributed by atoms with Gasteiger partial charge in [0.25, 0.3) is 0 Å². The highest BCUT2D eigenvalue weighted by atomic mass is 16.5. The van der Waals surface area contributed by atoms with E-state index < -0.39 is 5.54 Å². The van der Waals surface area contributed by atoms with Gasteiger partial charge in [-0.3, -0.25) is 4.79 Å². The van der Waals surface area contributed by atoms with Crippen molar-refractivity contribution >= 4 is 5.97 Å². The fraction of sp³-hybridized carbons (Fsp3) is 0.929. The van der Waals surface area contributed by atoms with Gasteiger partial charge < -0.3 is 19.9 Å². The first-order valence-corrected chi connectivity index (χ1v) is 6.93. The van der Waals surface area contributed by atoms with Crippen LogP contribution in [0.3, 0.4) is 0 Å². The van der Waals surface area contributed by atoms with Crippen LogP contribution in [0.15, 0.2) is 0 Å². The van der Waals surface area contributed by atoms with Gasteiger partial charge >= 0.3 is 5.97 Å². The molecule has 1 rings (SSSR count). The van der Waals surface area contributed by atoms with Gasteiger partial charge in [-0.05, 0) is 54.4 Å². The second-order valence-corrected chi connectivity index (χ2v) is 6.22. The van der Waals surface area contributed by atoms with E-state index in [2.05, 4.69) is 36.3 Å². The maximum absolute atomic E-state index is 11.9. The van der Waals surface area contributed by atoms with Crippen molar-refractivity contribution in [3.8, 4) is 0 Å². The van der Waals surface area contributed by atoms with E-state index in [9.17, 15) is 4.79 Å². The molecule has 1 N–H and O–H groups in total. The smallest absolute Gasteiger partial charge is 0.327 e. The molecule has 1 fully saturated rings. The standard InChI is InChI=1S/C14H29N3O2/c1-13(15-2,12(18)19-6)10-17(5)11-14(16(3)4)8-7-9-14/h15H,7-11H2,1-6H3. The minimum atomic E-state index is -0.652. The molecule has 1 unspecified atom stereocenters. The van der Waals surface area contributed by atoms with Crippen molar-refractivity contribution in [2.45, 2.75) is 37.3 Å². The summed E-state index contributed by atoms with van der Waals surface area (Å²) in [5.41, 5.74) is -0.375. The van der Waals surface area contributed by atoms with Gasteiger partial charge in [0, 0.05) is 18.6 Å². The van der Waals surface area contributed by atoms with E-state index >= 15 is 0 Å². The fourth-order valence-corrected chi connectivity index (χ4v) is 2.90. The SMILES string of the molecule is CNC(C)(CN(C)CC1(N(C)C)CCC1)C(=O)OC. The quantitative estimate of drug-likeness (QED) is 0.685. The Bertz CT molecular complexity index is 316. The molecule has 0 amide bonds. The van der Waals surface area contributed by atoms with Crippen LogP contribution in [0.25, 0.3) is 0 Å². The third kappa shape index (κ3) is 3.46. The number of carbonyl (C=O) groups is 1. The monoisotopic (exact) mass is 271 g/mol. The predicted octanol–water partition coefficient (Wildman–Crippen LogP) is 0.554. The molecule has 0 aromatic heterocycles. The van der Waals surface area contributed by atoms with Crippen molar-refractivity contribution in [2.75, 3.05) is 48.4 Å². The molecule has 5 nitrogen and oxygen atoms in total. The van der Waals surface area contributed by atoms with E-state index in [0.717, 1.165) is 6.54 Å². The molecule has 1 atom stereocenters. The zero-order chi connectivity index (χ0) is 14.7. The number of nitrogens with one attached hydrogen (secondary N) is 1. The Labute approximate surface area is 117 Å². The van der Waals surface area contributed by atoms with Crippen molar-refractivity contribution < 1.29 is 9.53 Å². The van der Waals surface area contributed by atoms with Gasteiger partial charge in [0.1, 0.15) is 5.54 Å². The summed E-state index contributed by atoms with van der Waals surface area (Å²) in [5.74, 6) is -0.214. The van der Waals surface area contributed by atoms with Crippen LogP contribution in [0.4, 0.5) is 0 Å². The number of nitrogens with zero attached hydrogens (tertiary/aromatic N) is 2. The maximum atomic E-state index is 11.9. The Kier molecular flexibility index (Phi) is 5.35. The summed E-state index contributed by atoms with van der Waals surface area (Å²) < 4.78 is 4.89. The lowest BCUT2D eigenvalue weighted by molar-refractivity contribution is -0.148. The van der Waals surface area contributed by atoms with Gasteiger partial charge in [-0.25, -0.2) is 0 Å². The molecule has 112 valence electrons. The first-order valence-electron chi connectivity index (χ1n) is 6.93. The van der Waals surface area contributed by atoms with Gasteiger partial charge in [0.15, 0.2) is 0 Å². The minimum absolute atomic E-state index is 0.214. The van der Waals surface area contributed by atoms with Crippen LogP contribution in [0.5, 0.6) is 0 Å². The van der Waals surface area contributed by atoms with Crippen LogP contribution in [0, 0.1) is 0 Å². The van der Waals surface area contributed by atoms with Crippen molar-refractivity contribution in [1.29, 1.82) is 0 Å². The van der Waals surface area contributed by atoms with Crippen LogP contribution < -0.4 is 5.32 Å². The Morgan fingerprint density at radius 2 is 1.95 bits per heavy atom. The first-order chi connectivity index (χ1) is 8.79. The molecule has 1 aliphatic carbocycles. The third-order valence-electron chi connectivity index (χ3n) is 4.57. The summed E-state index contributed by atoms with van der Waals surface area (Å²) in [6.07, 6.45) is 3.77. The summed E-state index contributed by atoms with van der Waals surface area (Å²) in [5, 5.41) is 3.08. The van der Waals surface area contributed by atoms with Crippen molar-refractivity contribution in [2.24, 2.45) is 0 Å². The molecule has 1 aliphatic rings. The van der Waals surface area contributed by atoms with Gasteiger partial charge in [-0.2, -0.15) is 0 Å². The predicted molar refractivity (Wildman–Crippen MR) is 77.2 cm³/mol. The van der Waals surface area contributed by atoms with Gasteiger partial charge in [0.2, 0.25) is 0 Å². The Hall–Kier alpha value is -0.650. The minimum Gasteiger partial charge on any atom is -0.468 e. The van der Waals surface area contributed by atoms with Gasteiger partial charge in [-0.15, -0.1) is 0 Å². The lowest BCUT2D eigenvalue weighted by Gasteiger charge is -2.50. The zero-order valence-corrected chi connectivity index (χ0v) is 13.2. The molecule has 0 aromatic carbocycles. The van der Waals surface area contributed by atoms with E-state index in [1.165, 1.54) is 26.4 Å². The molecule has 0 spiro atoms. The molecule has 0 saturated heterocycles. The average Bonchev–Trinajstić information content (AvgIpc) is 2.31. The third-order valence-corrected chi connectivity index (χ3v) is 4.57. The first kappa shape index (κ1) is 16.4. The van der Waals surface area contributed by atoms with Crippen LogP contribution in [-0.4, -0.2) is 75.2 Å². The molecular weight excluding hydrogens is 242 g/mol. The van der Waals surface area contributed by atoms with Crippen LogP contribution in [0.2, 0.25) is 0 Å². The van der Waals surface area contributed by atoms with Crippen LogP contribution in [0.1, 0.15) is 26.2 Å². The van der Waals surface area contributed by atoms with Crippen LogP contribution in [-0.2, 0) is 9.53 Å². The number of likely N-dealkylation sites (N-methyl/N-ethyl adjacent to an activating group) is 3. The molecule has 1 saturated carbocycles. The highest BCUT2D eigenvalue weighted by molar-refractivity contribution is 5.80. The molecule has 5 heteroatoms. The largest absolute Gasteiger partial charge is 0.468 e. The number of hydrogen-bond acceptors (Lipinski definition) is 5. The number of methoxy groups -OCH3 is 1. The van der Waals surface area contributed by atoms with E-state index in [1.807, 2.05) is 6.92 Å². The summed E-state index contributed by atoms with van der Waals surface area (Å²) in [6, 6.07) is 0. The summed E-state index contributed by atoms with van der Waals surface area (Å²) in [7, 11) is 9.60. The molecule has 0 radical (unpaired) electrons. The molecule has 0 bridgehead atoms. The number of carbonyl (C=O) groups excluding carboxylic acids is 1. The Morgan fingerprint density at radius 3 is 2.26 bits per heavy atom. The lowest BCUT2D eigenvalue weighted by atomic mass is 9.75.